The topological polar surface area (TPSA) is 143 Å². The standard InChI is InChI=1S/C27H29F3N8O2S/c1-25(2,3)40-24(39)35-16-26(19-8-4-5-11-33-19)9-13-38(14-10-26)22-17(15-31)36-23(21(32)37-22)41-18-7-6-12-34-20(18)27(28,29)30/h4-8,11-12H,9-10,13-14,16H2,1-3H3,(H2,32,37)(H,35,39). The van der Waals surface area contributed by atoms with E-state index in [-0.39, 0.29) is 33.8 Å². The van der Waals surface area contributed by atoms with E-state index in [0.29, 0.717) is 37.7 Å². The average molecular weight is 587 g/mol. The second kappa shape index (κ2) is 11.8. The maximum Gasteiger partial charge on any atom is 0.434 e. The van der Waals surface area contributed by atoms with Crippen molar-refractivity contribution in [2.24, 2.45) is 0 Å². The van der Waals surface area contributed by atoms with E-state index < -0.39 is 29.0 Å². The fourth-order valence-electron chi connectivity index (χ4n) is 4.49. The Morgan fingerprint density at radius 2 is 1.85 bits per heavy atom. The van der Waals surface area contributed by atoms with Crippen LogP contribution in [0.25, 0.3) is 0 Å². The Balaban J connectivity index is 1.56. The van der Waals surface area contributed by atoms with Crippen LogP contribution in [0.4, 0.5) is 29.6 Å². The van der Waals surface area contributed by atoms with Crippen LogP contribution in [-0.2, 0) is 16.3 Å². The second-order valence-corrected chi connectivity index (χ2v) is 11.5. The van der Waals surface area contributed by atoms with Crippen molar-refractivity contribution >= 4 is 29.5 Å². The molecular weight excluding hydrogens is 557 g/mol. The Kier molecular flexibility index (Phi) is 8.58. The largest absolute Gasteiger partial charge is 0.444 e. The van der Waals surface area contributed by atoms with Crippen molar-refractivity contribution in [3.05, 3.63) is 59.8 Å². The number of carbonyl (C=O) groups excluding carboxylic acids is 1. The van der Waals surface area contributed by atoms with Crippen molar-refractivity contribution in [2.45, 2.75) is 60.7 Å². The molecule has 4 rings (SSSR count). The van der Waals surface area contributed by atoms with E-state index in [1.165, 1.54) is 12.1 Å². The molecule has 1 aliphatic rings. The molecule has 0 aromatic carbocycles. The quantitative estimate of drug-likeness (QED) is 0.407. The van der Waals surface area contributed by atoms with Gasteiger partial charge in [0.1, 0.15) is 16.7 Å². The number of alkyl carbamates (subject to hydrolysis) is 1. The summed E-state index contributed by atoms with van der Waals surface area (Å²) >= 11 is 0.652. The van der Waals surface area contributed by atoms with Crippen LogP contribution in [0, 0.1) is 11.3 Å². The van der Waals surface area contributed by atoms with Crippen LogP contribution < -0.4 is 16.0 Å². The summed E-state index contributed by atoms with van der Waals surface area (Å²) in [6.07, 6.45) is -1.36. The molecule has 4 heterocycles. The number of rotatable bonds is 6. The van der Waals surface area contributed by atoms with Crippen LogP contribution in [0.15, 0.2) is 52.6 Å². The Morgan fingerprint density at radius 1 is 1.15 bits per heavy atom. The van der Waals surface area contributed by atoms with Gasteiger partial charge < -0.3 is 20.7 Å². The highest BCUT2D eigenvalue weighted by Gasteiger charge is 2.40. The minimum Gasteiger partial charge on any atom is -0.444 e. The molecule has 1 aliphatic heterocycles. The van der Waals surface area contributed by atoms with E-state index in [0.717, 1.165) is 11.9 Å². The van der Waals surface area contributed by atoms with E-state index in [1.54, 1.807) is 27.0 Å². The number of nitrogens with one attached hydrogen (secondary N) is 1. The predicted octanol–water partition coefficient (Wildman–Crippen LogP) is 4.95. The zero-order chi connectivity index (χ0) is 29.8. The number of piperidine rings is 1. The van der Waals surface area contributed by atoms with Gasteiger partial charge in [0.05, 0.1) is 0 Å². The van der Waals surface area contributed by atoms with Crippen molar-refractivity contribution in [3.8, 4) is 6.07 Å². The molecule has 0 spiro atoms. The number of pyridine rings is 2. The predicted molar refractivity (Wildman–Crippen MR) is 146 cm³/mol. The van der Waals surface area contributed by atoms with Crippen molar-refractivity contribution in [1.82, 2.24) is 25.3 Å². The van der Waals surface area contributed by atoms with Crippen molar-refractivity contribution < 1.29 is 22.7 Å². The summed E-state index contributed by atoms with van der Waals surface area (Å²) in [4.78, 5) is 30.7. The SMILES string of the molecule is CC(C)(C)OC(=O)NCC1(c2ccccn2)CCN(c2nc(N)c(Sc3cccnc3C(F)(F)F)nc2C#N)CC1. The molecule has 14 heteroatoms. The minimum absolute atomic E-state index is 0.0230. The lowest BCUT2D eigenvalue weighted by Crippen LogP contribution is -2.50. The Hall–Kier alpha value is -4.12. The molecule has 0 atom stereocenters. The van der Waals surface area contributed by atoms with E-state index in [1.807, 2.05) is 29.2 Å². The molecule has 10 nitrogen and oxygen atoms in total. The molecule has 0 unspecified atom stereocenters. The number of anilines is 2. The Labute approximate surface area is 239 Å². The lowest BCUT2D eigenvalue weighted by atomic mass is 9.75. The first-order valence-corrected chi connectivity index (χ1v) is 13.5. The number of carbonyl (C=O) groups is 1. The van der Waals surface area contributed by atoms with Gasteiger partial charge in [-0.15, -0.1) is 0 Å². The molecule has 0 aliphatic carbocycles. The number of alkyl halides is 3. The fraction of sp³-hybridized carbons (Fsp3) is 0.407. The third kappa shape index (κ3) is 7.15. The van der Waals surface area contributed by atoms with Crippen LogP contribution in [0.2, 0.25) is 0 Å². The number of hydrogen-bond acceptors (Lipinski definition) is 10. The van der Waals surface area contributed by atoms with E-state index in [2.05, 4.69) is 25.3 Å². The van der Waals surface area contributed by atoms with Gasteiger partial charge in [-0.25, -0.2) is 14.8 Å². The van der Waals surface area contributed by atoms with Gasteiger partial charge in [-0.1, -0.05) is 17.8 Å². The smallest absolute Gasteiger partial charge is 0.434 e. The molecule has 0 bridgehead atoms. The van der Waals surface area contributed by atoms with E-state index in [9.17, 15) is 23.2 Å². The number of ether oxygens (including phenoxy) is 1. The van der Waals surface area contributed by atoms with Crippen LogP contribution in [-0.4, -0.2) is 51.3 Å². The van der Waals surface area contributed by atoms with Crippen molar-refractivity contribution in [3.63, 3.8) is 0 Å². The lowest BCUT2D eigenvalue weighted by molar-refractivity contribution is -0.143. The fourth-order valence-corrected chi connectivity index (χ4v) is 5.39. The molecule has 1 fully saturated rings. The molecule has 41 heavy (non-hydrogen) atoms. The van der Waals surface area contributed by atoms with Crippen molar-refractivity contribution in [2.75, 3.05) is 30.3 Å². The van der Waals surface area contributed by atoms with Crippen LogP contribution in [0.5, 0.6) is 0 Å². The first-order chi connectivity index (χ1) is 19.3. The van der Waals surface area contributed by atoms with Gasteiger partial charge >= 0.3 is 12.3 Å². The van der Waals surface area contributed by atoms with Gasteiger partial charge in [-0.2, -0.15) is 18.4 Å². The van der Waals surface area contributed by atoms with Crippen LogP contribution >= 0.6 is 11.8 Å². The monoisotopic (exact) mass is 586 g/mol. The summed E-state index contributed by atoms with van der Waals surface area (Å²) in [6.45, 7) is 6.51. The molecule has 216 valence electrons. The average Bonchev–Trinajstić information content (AvgIpc) is 2.92. The molecule has 0 radical (unpaired) electrons. The summed E-state index contributed by atoms with van der Waals surface area (Å²) in [5, 5.41) is 12.7. The third-order valence-corrected chi connectivity index (χ3v) is 7.46. The second-order valence-electron chi connectivity index (χ2n) is 10.5. The van der Waals surface area contributed by atoms with Gasteiger partial charge in [-0.05, 0) is 57.9 Å². The van der Waals surface area contributed by atoms with Crippen molar-refractivity contribution in [1.29, 1.82) is 5.26 Å². The first kappa shape index (κ1) is 29.9. The summed E-state index contributed by atoms with van der Waals surface area (Å²) in [5.41, 5.74) is 4.65. The van der Waals surface area contributed by atoms with Crippen LogP contribution in [0.3, 0.4) is 0 Å². The Morgan fingerprint density at radius 3 is 2.46 bits per heavy atom. The number of aromatic nitrogens is 4. The Bertz CT molecular complexity index is 1430. The third-order valence-electron chi connectivity index (χ3n) is 6.42. The lowest BCUT2D eigenvalue weighted by Gasteiger charge is -2.42. The van der Waals surface area contributed by atoms with E-state index in [4.69, 9.17) is 10.5 Å². The van der Waals surface area contributed by atoms with Gasteiger partial charge in [0.15, 0.2) is 23.0 Å². The number of nitrogen functional groups attached to an aromatic ring is 1. The molecule has 0 saturated carbocycles. The van der Waals surface area contributed by atoms with Gasteiger partial charge in [0, 0.05) is 48.0 Å². The molecule has 3 aromatic heterocycles. The number of hydrogen-bond donors (Lipinski definition) is 2. The number of amides is 1. The summed E-state index contributed by atoms with van der Waals surface area (Å²) in [7, 11) is 0. The summed E-state index contributed by atoms with van der Waals surface area (Å²) < 4.78 is 45.7. The number of nitrogens with two attached hydrogens (primary N) is 1. The first-order valence-electron chi connectivity index (χ1n) is 12.7. The highest BCUT2D eigenvalue weighted by Crippen LogP contribution is 2.40. The molecule has 1 amide bonds. The zero-order valence-electron chi connectivity index (χ0n) is 22.7. The molecule has 3 aromatic rings. The van der Waals surface area contributed by atoms with Gasteiger partial charge in [0.2, 0.25) is 0 Å². The maximum atomic E-state index is 13.4. The number of halogens is 3. The van der Waals surface area contributed by atoms with E-state index >= 15 is 0 Å². The maximum absolute atomic E-state index is 13.4. The van der Waals surface area contributed by atoms with Gasteiger partial charge in [0.25, 0.3) is 0 Å². The molecule has 3 N–H and O–H groups in total. The molecule has 1 saturated heterocycles. The van der Waals surface area contributed by atoms with Gasteiger partial charge in [-0.3, -0.25) is 9.97 Å². The van der Waals surface area contributed by atoms with Crippen LogP contribution in [0.1, 0.15) is 50.7 Å². The highest BCUT2D eigenvalue weighted by molar-refractivity contribution is 7.99. The summed E-state index contributed by atoms with van der Waals surface area (Å²) in [6, 6.07) is 10.2. The number of nitrogens with zero attached hydrogens (tertiary/aromatic N) is 6. The zero-order valence-corrected chi connectivity index (χ0v) is 23.5. The number of nitriles is 1. The minimum atomic E-state index is -4.67. The highest BCUT2D eigenvalue weighted by atomic mass is 32.2. The summed E-state index contributed by atoms with van der Waals surface area (Å²) in [5.74, 6) is 0.139. The normalized spacial score (nSPS) is 15.2. The molecular formula is C27H29F3N8O2S.